The van der Waals surface area contributed by atoms with Gasteiger partial charge >= 0.3 is 0 Å². The van der Waals surface area contributed by atoms with Crippen LogP contribution in [0.3, 0.4) is 0 Å². The number of benzene rings is 1. The molecule has 92 valence electrons. The molecule has 0 radical (unpaired) electrons. The molecule has 1 fully saturated rings. The van der Waals surface area contributed by atoms with Crippen molar-refractivity contribution in [2.45, 2.75) is 6.54 Å². The largest absolute Gasteiger partial charge is 0.508 e. The fraction of sp³-hybridized carbons (Fsp3) is 0.455. The lowest BCUT2D eigenvalue weighted by Crippen LogP contribution is -2.45. The van der Waals surface area contributed by atoms with E-state index < -0.39 is 0 Å². The second kappa shape index (κ2) is 5.60. The molecule has 1 aromatic carbocycles. The van der Waals surface area contributed by atoms with Gasteiger partial charge in [0.1, 0.15) is 5.75 Å². The van der Waals surface area contributed by atoms with Crippen LogP contribution in [0.4, 0.5) is 0 Å². The van der Waals surface area contributed by atoms with Gasteiger partial charge in [-0.25, -0.2) is 0 Å². The molecule has 1 aromatic rings. The first kappa shape index (κ1) is 11.8. The van der Waals surface area contributed by atoms with Crippen molar-refractivity contribution < 1.29 is 9.84 Å². The summed E-state index contributed by atoms with van der Waals surface area (Å²) in [5.41, 5.74) is 0.679. The van der Waals surface area contributed by atoms with Gasteiger partial charge in [-0.1, -0.05) is 18.2 Å². The molecular weight excluding hydrogens is 222 g/mol. The predicted molar refractivity (Wildman–Crippen MR) is 61.8 cm³/mol. The molecule has 1 aliphatic heterocycles. The summed E-state index contributed by atoms with van der Waals surface area (Å²) in [6, 6.07) is 6.93. The number of nitrogens with zero attached hydrogens (tertiary/aromatic N) is 3. The fourth-order valence-electron chi connectivity index (χ4n) is 1.76. The van der Waals surface area contributed by atoms with Gasteiger partial charge in [0.05, 0.1) is 25.0 Å². The molecule has 0 spiro atoms. The molecule has 6 nitrogen and oxygen atoms in total. The Labute approximate surface area is 99.3 Å². The number of morpholine rings is 1. The number of phenolic OH excluding ortho intramolecular Hbond substituents is 1. The van der Waals surface area contributed by atoms with Gasteiger partial charge in [0.25, 0.3) is 0 Å². The second-order valence-corrected chi connectivity index (χ2v) is 3.81. The van der Waals surface area contributed by atoms with Crippen molar-refractivity contribution in [3.8, 4) is 5.75 Å². The van der Waals surface area contributed by atoms with E-state index in [-0.39, 0.29) is 12.3 Å². The summed E-state index contributed by atoms with van der Waals surface area (Å²) < 4.78 is 5.21. The van der Waals surface area contributed by atoms with E-state index in [9.17, 15) is 10.0 Å². The Hall–Kier alpha value is -1.66. The second-order valence-electron chi connectivity index (χ2n) is 3.81. The van der Waals surface area contributed by atoms with Crippen molar-refractivity contribution in [1.29, 1.82) is 0 Å². The van der Waals surface area contributed by atoms with Crippen LogP contribution >= 0.6 is 0 Å². The highest BCUT2D eigenvalue weighted by Gasteiger charge is 2.19. The Morgan fingerprint density at radius 2 is 2.06 bits per heavy atom. The lowest BCUT2D eigenvalue weighted by atomic mass is 10.2. The highest BCUT2D eigenvalue weighted by molar-refractivity contribution is 5.31. The van der Waals surface area contributed by atoms with Crippen molar-refractivity contribution in [3.05, 3.63) is 34.7 Å². The summed E-state index contributed by atoms with van der Waals surface area (Å²) in [5, 5.41) is 15.8. The Morgan fingerprint density at radius 1 is 1.35 bits per heavy atom. The monoisotopic (exact) mass is 237 g/mol. The standard InChI is InChI=1S/C11H15N3O3/c15-11-4-2-1-3-10(11)9-14(12-16)13-5-7-17-8-6-13/h1-4,15H,5-9H2. The molecule has 0 unspecified atom stereocenters. The van der Waals surface area contributed by atoms with E-state index in [1.165, 1.54) is 5.12 Å². The molecule has 0 atom stereocenters. The number of hydrogen-bond donors (Lipinski definition) is 1. The van der Waals surface area contributed by atoms with Crippen LogP contribution in [0.2, 0.25) is 0 Å². The summed E-state index contributed by atoms with van der Waals surface area (Å²) in [7, 11) is 0. The van der Waals surface area contributed by atoms with Gasteiger partial charge in [-0.3, -0.25) is 0 Å². The molecular formula is C11H15N3O3. The summed E-state index contributed by atoms with van der Waals surface area (Å²) in [6.07, 6.45) is 0. The molecule has 6 heteroatoms. The highest BCUT2D eigenvalue weighted by atomic mass is 16.5. The number of hydrogen-bond acceptors (Lipinski definition) is 5. The van der Waals surface area contributed by atoms with Crippen LogP contribution in [0.25, 0.3) is 0 Å². The maximum atomic E-state index is 10.8. The molecule has 0 aliphatic carbocycles. The van der Waals surface area contributed by atoms with E-state index in [2.05, 4.69) is 5.29 Å². The third-order valence-electron chi connectivity index (χ3n) is 2.71. The number of aromatic hydroxyl groups is 1. The molecule has 0 bridgehead atoms. The first-order chi connectivity index (χ1) is 8.31. The summed E-state index contributed by atoms with van der Waals surface area (Å²) >= 11 is 0. The molecule has 1 saturated heterocycles. The van der Waals surface area contributed by atoms with Crippen LogP contribution in [0, 0.1) is 4.91 Å². The minimum absolute atomic E-state index is 0.175. The van der Waals surface area contributed by atoms with Gasteiger partial charge in [-0.15, -0.1) is 4.91 Å². The molecule has 1 aliphatic rings. The van der Waals surface area contributed by atoms with Crippen LogP contribution in [-0.4, -0.2) is 41.5 Å². The molecule has 17 heavy (non-hydrogen) atoms. The van der Waals surface area contributed by atoms with E-state index in [0.29, 0.717) is 31.9 Å². The van der Waals surface area contributed by atoms with E-state index in [1.807, 2.05) is 11.1 Å². The maximum Gasteiger partial charge on any atom is 0.120 e. The first-order valence-corrected chi connectivity index (χ1v) is 5.51. The SMILES string of the molecule is O=NN(Cc1ccccc1O)N1CCOCC1. The Morgan fingerprint density at radius 3 is 2.71 bits per heavy atom. The zero-order valence-corrected chi connectivity index (χ0v) is 9.45. The smallest absolute Gasteiger partial charge is 0.120 e. The van der Waals surface area contributed by atoms with E-state index in [1.54, 1.807) is 18.2 Å². The molecule has 0 saturated carbocycles. The summed E-state index contributed by atoms with van der Waals surface area (Å²) in [4.78, 5) is 10.8. The van der Waals surface area contributed by atoms with Crippen LogP contribution in [0.1, 0.15) is 5.56 Å². The van der Waals surface area contributed by atoms with E-state index >= 15 is 0 Å². The minimum Gasteiger partial charge on any atom is -0.508 e. The van der Waals surface area contributed by atoms with Crippen molar-refractivity contribution in [2.75, 3.05) is 26.3 Å². The van der Waals surface area contributed by atoms with Gasteiger partial charge in [-0.05, 0) is 6.07 Å². The van der Waals surface area contributed by atoms with Crippen molar-refractivity contribution >= 4 is 0 Å². The first-order valence-electron chi connectivity index (χ1n) is 5.51. The normalized spacial score (nSPS) is 16.7. The van der Waals surface area contributed by atoms with Gasteiger partial charge in [-0.2, -0.15) is 10.1 Å². The molecule has 0 amide bonds. The number of nitroso groups, excluding NO2 is 1. The van der Waals surface area contributed by atoms with E-state index in [0.717, 1.165) is 0 Å². The van der Waals surface area contributed by atoms with Crippen LogP contribution in [0.5, 0.6) is 5.75 Å². The Kier molecular flexibility index (Phi) is 3.89. The van der Waals surface area contributed by atoms with Crippen LogP contribution in [0.15, 0.2) is 29.6 Å². The zero-order chi connectivity index (χ0) is 12.1. The molecule has 1 heterocycles. The number of rotatable bonds is 4. The van der Waals surface area contributed by atoms with Crippen molar-refractivity contribution in [3.63, 3.8) is 0 Å². The number of hydrazine groups is 1. The van der Waals surface area contributed by atoms with Crippen molar-refractivity contribution in [2.24, 2.45) is 5.29 Å². The predicted octanol–water partition coefficient (Wildman–Crippen LogP) is 1.12. The van der Waals surface area contributed by atoms with Crippen molar-refractivity contribution in [1.82, 2.24) is 10.1 Å². The topological polar surface area (TPSA) is 65.4 Å². The minimum atomic E-state index is 0.175. The number of phenols is 1. The van der Waals surface area contributed by atoms with E-state index in [4.69, 9.17) is 4.74 Å². The molecule has 0 aromatic heterocycles. The Balaban J connectivity index is 2.04. The summed E-state index contributed by atoms with van der Waals surface area (Å²) in [6.45, 7) is 2.73. The molecule has 1 N–H and O–H groups in total. The highest BCUT2D eigenvalue weighted by Crippen LogP contribution is 2.19. The van der Waals surface area contributed by atoms with Gasteiger partial charge in [0.15, 0.2) is 0 Å². The van der Waals surface area contributed by atoms with Gasteiger partial charge < -0.3 is 9.84 Å². The zero-order valence-electron chi connectivity index (χ0n) is 9.45. The third kappa shape index (κ3) is 2.92. The average molecular weight is 237 g/mol. The van der Waals surface area contributed by atoms with Gasteiger partial charge in [0, 0.05) is 18.7 Å². The average Bonchev–Trinajstić information content (AvgIpc) is 2.39. The molecule has 2 rings (SSSR count). The number of para-hydroxylation sites is 1. The fourth-order valence-corrected chi connectivity index (χ4v) is 1.76. The van der Waals surface area contributed by atoms with Crippen LogP contribution in [-0.2, 0) is 11.3 Å². The maximum absolute atomic E-state index is 10.8. The summed E-state index contributed by atoms with van der Waals surface area (Å²) in [5.74, 6) is 0.175. The third-order valence-corrected chi connectivity index (χ3v) is 2.71. The van der Waals surface area contributed by atoms with Crippen LogP contribution < -0.4 is 0 Å². The lowest BCUT2D eigenvalue weighted by molar-refractivity contribution is -0.0962. The number of ether oxygens (including phenoxy) is 1. The lowest BCUT2D eigenvalue weighted by Gasteiger charge is -2.32. The van der Waals surface area contributed by atoms with Gasteiger partial charge in [0.2, 0.25) is 0 Å². The Bertz CT molecular complexity index is 380. The quantitative estimate of drug-likeness (QED) is 0.628.